The van der Waals surface area contributed by atoms with Crippen LogP contribution in [0.5, 0.6) is 5.75 Å². The molecule has 0 bridgehead atoms. The number of fused-ring (bicyclic) bond motifs is 1. The van der Waals surface area contributed by atoms with Gasteiger partial charge in [0, 0.05) is 34.4 Å². The molecular weight excluding hydrogens is 243 g/mol. The van der Waals surface area contributed by atoms with Crippen molar-refractivity contribution in [1.29, 1.82) is 0 Å². The summed E-state index contributed by atoms with van der Waals surface area (Å²) in [6.45, 7) is 0.382. The molecule has 0 saturated heterocycles. The molecule has 3 rings (SSSR count). The van der Waals surface area contributed by atoms with Gasteiger partial charge in [0.25, 0.3) is 0 Å². The van der Waals surface area contributed by atoms with E-state index in [0.29, 0.717) is 18.0 Å². The molecule has 3 aromatic rings. The first-order valence-electron chi connectivity index (χ1n) is 5.96. The number of benzene rings is 2. The number of H-pyrrole nitrogens is 1. The Balaban J connectivity index is 1.82. The van der Waals surface area contributed by atoms with Crippen molar-refractivity contribution in [2.45, 2.75) is 6.61 Å². The molecule has 19 heavy (non-hydrogen) atoms. The molecule has 0 radical (unpaired) electrons. The fraction of sp³-hybridized carbons (Fsp3) is 0.0667. The summed E-state index contributed by atoms with van der Waals surface area (Å²) in [5.41, 5.74) is 8.42. The molecule has 3 N–H and O–H groups in total. The van der Waals surface area contributed by atoms with Gasteiger partial charge in [0.1, 0.15) is 18.2 Å². The van der Waals surface area contributed by atoms with Gasteiger partial charge < -0.3 is 15.5 Å². The molecule has 3 nitrogen and oxygen atoms in total. The molecule has 0 aliphatic carbocycles. The van der Waals surface area contributed by atoms with Crippen LogP contribution in [0.15, 0.2) is 48.7 Å². The molecule has 0 aliphatic rings. The number of aromatic amines is 1. The fourth-order valence-corrected chi connectivity index (χ4v) is 2.04. The Hall–Kier alpha value is -2.49. The third-order valence-electron chi connectivity index (χ3n) is 2.98. The van der Waals surface area contributed by atoms with Crippen LogP contribution in [0, 0.1) is 5.82 Å². The van der Waals surface area contributed by atoms with Crippen LogP contribution in [0.2, 0.25) is 0 Å². The molecule has 96 valence electrons. The van der Waals surface area contributed by atoms with Crippen LogP contribution in [-0.4, -0.2) is 4.98 Å². The van der Waals surface area contributed by atoms with E-state index in [4.69, 9.17) is 10.5 Å². The second-order valence-electron chi connectivity index (χ2n) is 4.36. The summed E-state index contributed by atoms with van der Waals surface area (Å²) in [6.07, 6.45) is 1.88. The number of halogens is 1. The summed E-state index contributed by atoms with van der Waals surface area (Å²) in [6, 6.07) is 11.8. The average Bonchev–Trinajstić information content (AvgIpc) is 2.78. The normalized spacial score (nSPS) is 10.8. The van der Waals surface area contributed by atoms with Crippen molar-refractivity contribution in [2.24, 2.45) is 0 Å². The summed E-state index contributed by atoms with van der Waals surface area (Å²) in [5, 5.41) is 1.06. The third-order valence-corrected chi connectivity index (χ3v) is 2.98. The number of nitrogens with one attached hydrogen (secondary N) is 1. The second-order valence-corrected chi connectivity index (χ2v) is 4.36. The van der Waals surface area contributed by atoms with Crippen LogP contribution in [-0.2, 0) is 6.61 Å². The number of aromatic nitrogens is 1. The minimum absolute atomic E-state index is 0.302. The Morgan fingerprint density at radius 2 is 2.05 bits per heavy atom. The Kier molecular flexibility index (Phi) is 2.83. The standard InChI is InChI=1S/C15H13FN2O/c16-11-2-1-3-13(6-11)19-9-10-8-18-15-7-12(17)4-5-14(10)15/h1-8,18H,9,17H2. The van der Waals surface area contributed by atoms with Crippen LogP contribution in [0.3, 0.4) is 0 Å². The van der Waals surface area contributed by atoms with Crippen LogP contribution in [0.1, 0.15) is 5.56 Å². The van der Waals surface area contributed by atoms with Crippen LogP contribution < -0.4 is 10.5 Å². The molecule has 0 fully saturated rings. The quantitative estimate of drug-likeness (QED) is 0.705. The van der Waals surface area contributed by atoms with Gasteiger partial charge in [-0.1, -0.05) is 12.1 Å². The van der Waals surface area contributed by atoms with E-state index >= 15 is 0 Å². The largest absolute Gasteiger partial charge is 0.489 e. The van der Waals surface area contributed by atoms with Gasteiger partial charge in [0.2, 0.25) is 0 Å². The first-order chi connectivity index (χ1) is 9.22. The van der Waals surface area contributed by atoms with E-state index in [0.717, 1.165) is 16.5 Å². The van der Waals surface area contributed by atoms with Crippen molar-refractivity contribution in [3.05, 3.63) is 60.0 Å². The van der Waals surface area contributed by atoms with E-state index in [1.807, 2.05) is 24.4 Å². The van der Waals surface area contributed by atoms with Crippen molar-refractivity contribution in [3.63, 3.8) is 0 Å². The van der Waals surface area contributed by atoms with Crippen LogP contribution >= 0.6 is 0 Å². The zero-order chi connectivity index (χ0) is 13.2. The van der Waals surface area contributed by atoms with E-state index < -0.39 is 0 Å². The highest BCUT2D eigenvalue weighted by Crippen LogP contribution is 2.22. The van der Waals surface area contributed by atoms with Crippen molar-refractivity contribution >= 4 is 16.6 Å². The van der Waals surface area contributed by atoms with Crippen molar-refractivity contribution < 1.29 is 9.13 Å². The zero-order valence-corrected chi connectivity index (χ0v) is 10.2. The lowest BCUT2D eigenvalue weighted by Crippen LogP contribution is -1.94. The maximum Gasteiger partial charge on any atom is 0.126 e. The second kappa shape index (κ2) is 4.65. The molecular formula is C15H13FN2O. The molecule has 2 aromatic carbocycles. The van der Waals surface area contributed by atoms with Crippen molar-refractivity contribution in [3.8, 4) is 5.75 Å². The first-order valence-corrected chi connectivity index (χ1v) is 5.96. The lowest BCUT2D eigenvalue weighted by Gasteiger charge is -2.05. The van der Waals surface area contributed by atoms with E-state index in [-0.39, 0.29) is 5.82 Å². The minimum Gasteiger partial charge on any atom is -0.489 e. The number of hydrogen-bond donors (Lipinski definition) is 2. The summed E-state index contributed by atoms with van der Waals surface area (Å²) in [5.74, 6) is 0.217. The van der Waals surface area contributed by atoms with E-state index in [1.165, 1.54) is 12.1 Å². The Bertz CT molecular complexity index is 721. The van der Waals surface area contributed by atoms with Crippen LogP contribution in [0.25, 0.3) is 10.9 Å². The highest BCUT2D eigenvalue weighted by atomic mass is 19.1. The molecule has 0 aliphatic heterocycles. The van der Waals surface area contributed by atoms with Crippen molar-refractivity contribution in [1.82, 2.24) is 4.98 Å². The fourth-order valence-electron chi connectivity index (χ4n) is 2.04. The lowest BCUT2D eigenvalue weighted by atomic mass is 10.2. The van der Waals surface area contributed by atoms with E-state index in [1.54, 1.807) is 12.1 Å². The summed E-state index contributed by atoms with van der Waals surface area (Å²) in [7, 11) is 0. The number of anilines is 1. The summed E-state index contributed by atoms with van der Waals surface area (Å²) in [4.78, 5) is 3.14. The summed E-state index contributed by atoms with van der Waals surface area (Å²) >= 11 is 0. The highest BCUT2D eigenvalue weighted by Gasteiger charge is 2.05. The molecule has 0 unspecified atom stereocenters. The molecule has 1 aromatic heterocycles. The van der Waals surface area contributed by atoms with Gasteiger partial charge in [0.05, 0.1) is 0 Å². The molecule has 1 heterocycles. The van der Waals surface area contributed by atoms with Gasteiger partial charge in [-0.05, 0) is 24.3 Å². The Morgan fingerprint density at radius 3 is 2.89 bits per heavy atom. The number of rotatable bonds is 3. The van der Waals surface area contributed by atoms with Gasteiger partial charge in [-0.25, -0.2) is 4.39 Å². The Labute approximate surface area is 109 Å². The predicted molar refractivity (Wildman–Crippen MR) is 73.4 cm³/mol. The SMILES string of the molecule is Nc1ccc2c(COc3cccc(F)c3)c[nH]c2c1. The summed E-state index contributed by atoms with van der Waals surface area (Å²) < 4.78 is 18.6. The average molecular weight is 256 g/mol. The molecule has 0 amide bonds. The first kappa shape index (κ1) is 11.6. The number of nitrogen functional groups attached to an aromatic ring is 1. The highest BCUT2D eigenvalue weighted by molar-refractivity contribution is 5.85. The molecule has 4 heteroatoms. The maximum atomic E-state index is 13.0. The smallest absolute Gasteiger partial charge is 0.126 e. The van der Waals surface area contributed by atoms with Crippen LogP contribution in [0.4, 0.5) is 10.1 Å². The monoisotopic (exact) mass is 256 g/mol. The van der Waals surface area contributed by atoms with E-state index in [2.05, 4.69) is 4.98 Å². The maximum absolute atomic E-state index is 13.0. The minimum atomic E-state index is -0.302. The van der Waals surface area contributed by atoms with Gasteiger partial charge in [-0.2, -0.15) is 0 Å². The number of hydrogen-bond acceptors (Lipinski definition) is 2. The van der Waals surface area contributed by atoms with Gasteiger partial charge in [-0.3, -0.25) is 0 Å². The van der Waals surface area contributed by atoms with Gasteiger partial charge in [0.15, 0.2) is 0 Å². The van der Waals surface area contributed by atoms with E-state index in [9.17, 15) is 4.39 Å². The Morgan fingerprint density at radius 1 is 1.16 bits per heavy atom. The van der Waals surface area contributed by atoms with Gasteiger partial charge in [-0.15, -0.1) is 0 Å². The number of ether oxygens (including phenoxy) is 1. The predicted octanol–water partition coefficient (Wildman–Crippen LogP) is 3.47. The molecule has 0 atom stereocenters. The molecule has 0 saturated carbocycles. The topological polar surface area (TPSA) is 51.0 Å². The lowest BCUT2D eigenvalue weighted by molar-refractivity contribution is 0.306. The van der Waals surface area contributed by atoms with Crippen molar-refractivity contribution in [2.75, 3.05) is 5.73 Å². The third kappa shape index (κ3) is 2.38. The van der Waals surface area contributed by atoms with Gasteiger partial charge >= 0.3 is 0 Å². The zero-order valence-electron chi connectivity index (χ0n) is 10.2. The number of nitrogens with two attached hydrogens (primary N) is 1. The molecule has 0 spiro atoms.